The van der Waals surface area contributed by atoms with E-state index < -0.39 is 0 Å². The molecule has 0 saturated heterocycles. The first-order valence-corrected chi connectivity index (χ1v) is 10.4. The summed E-state index contributed by atoms with van der Waals surface area (Å²) in [5, 5.41) is 4.39. The second-order valence-corrected chi connectivity index (χ2v) is 7.71. The van der Waals surface area contributed by atoms with Gasteiger partial charge in [0.25, 0.3) is 0 Å². The average molecular weight is 402 g/mol. The maximum atomic E-state index is 4.52. The average Bonchev–Trinajstić information content (AvgIpc) is 3.23. The van der Waals surface area contributed by atoms with Gasteiger partial charge in [-0.3, -0.25) is 0 Å². The van der Waals surface area contributed by atoms with Crippen molar-refractivity contribution in [1.29, 1.82) is 0 Å². The molecule has 0 spiro atoms. The van der Waals surface area contributed by atoms with E-state index in [2.05, 4.69) is 109 Å². The molecule has 3 aromatic carbocycles. The zero-order valence-corrected chi connectivity index (χ0v) is 17.7. The summed E-state index contributed by atoms with van der Waals surface area (Å²) in [7, 11) is 0. The highest BCUT2D eigenvalue weighted by molar-refractivity contribution is 5.84. The van der Waals surface area contributed by atoms with Crippen LogP contribution in [0.1, 0.15) is 17.0 Å². The van der Waals surface area contributed by atoms with Crippen molar-refractivity contribution in [1.82, 2.24) is 14.6 Å². The lowest BCUT2D eigenvalue weighted by Crippen LogP contribution is -1.94. The van der Waals surface area contributed by atoms with Crippen LogP contribution in [0.4, 0.5) is 0 Å². The van der Waals surface area contributed by atoms with Crippen LogP contribution in [0, 0.1) is 13.8 Å². The third-order valence-corrected chi connectivity index (χ3v) is 5.89. The minimum absolute atomic E-state index is 0.635. The molecular formula is C28H23N3. The van der Waals surface area contributed by atoms with Crippen LogP contribution in [0.25, 0.3) is 45.1 Å². The van der Waals surface area contributed by atoms with Gasteiger partial charge in [0.1, 0.15) is 0 Å². The molecule has 0 bridgehead atoms. The fourth-order valence-electron chi connectivity index (χ4n) is 4.25. The summed E-state index contributed by atoms with van der Waals surface area (Å²) in [6, 6.07) is 27.8. The second-order valence-electron chi connectivity index (χ2n) is 7.71. The van der Waals surface area contributed by atoms with E-state index in [4.69, 9.17) is 0 Å². The van der Waals surface area contributed by atoms with Crippen LogP contribution in [0.15, 0.2) is 91.6 Å². The Morgan fingerprint density at radius 2 is 1.32 bits per heavy atom. The Morgan fingerprint density at radius 1 is 0.710 bits per heavy atom. The Hall–Kier alpha value is -3.98. The van der Waals surface area contributed by atoms with Crippen LogP contribution >= 0.6 is 0 Å². The molecule has 0 amide bonds. The van der Waals surface area contributed by atoms with Gasteiger partial charge in [-0.25, -0.2) is 9.50 Å². The van der Waals surface area contributed by atoms with Crippen LogP contribution in [0.3, 0.4) is 0 Å². The fourth-order valence-corrected chi connectivity index (χ4v) is 4.25. The van der Waals surface area contributed by atoms with E-state index >= 15 is 0 Å². The molecule has 3 heteroatoms. The van der Waals surface area contributed by atoms with Gasteiger partial charge in [0, 0.05) is 6.20 Å². The lowest BCUT2D eigenvalue weighted by molar-refractivity contribution is 0.954. The van der Waals surface area contributed by atoms with Crippen molar-refractivity contribution >= 4 is 11.7 Å². The first-order valence-electron chi connectivity index (χ1n) is 10.4. The van der Waals surface area contributed by atoms with Gasteiger partial charge >= 0.3 is 0 Å². The molecule has 0 atom stereocenters. The van der Waals surface area contributed by atoms with Crippen molar-refractivity contribution in [3.63, 3.8) is 0 Å². The van der Waals surface area contributed by atoms with Gasteiger partial charge in [-0.05, 0) is 76.6 Å². The highest BCUT2D eigenvalue weighted by Crippen LogP contribution is 2.36. The van der Waals surface area contributed by atoms with Crippen LogP contribution < -0.4 is 0 Å². The maximum Gasteiger partial charge on any atom is 0.174 e. The van der Waals surface area contributed by atoms with Gasteiger partial charge in [0.15, 0.2) is 11.5 Å². The molecule has 150 valence electrons. The monoisotopic (exact) mass is 401 g/mol. The Labute approximate surface area is 182 Å². The molecule has 2 heterocycles. The summed E-state index contributed by atoms with van der Waals surface area (Å²) < 4.78 is 1.78. The first kappa shape index (κ1) is 19.0. The highest BCUT2D eigenvalue weighted by Gasteiger charge is 2.13. The smallest absolute Gasteiger partial charge is 0.174 e. The number of hydrogen-bond donors (Lipinski definition) is 0. The summed E-state index contributed by atoms with van der Waals surface area (Å²) in [4.78, 5) is 4.52. The van der Waals surface area contributed by atoms with Gasteiger partial charge in [-0.2, -0.15) is 0 Å². The van der Waals surface area contributed by atoms with E-state index in [9.17, 15) is 0 Å². The van der Waals surface area contributed by atoms with Crippen LogP contribution in [0.5, 0.6) is 0 Å². The minimum atomic E-state index is 0.635. The standard InChI is InChI=1S/C28H23N3/c1-4-27-29-28-18-22(16-17-31(28)30-27)24-13-9-15-26(20(24)3)25-14-8-12-23(19(25)2)21-10-6-5-7-11-21/h4-18H,1H2,2-3H3. The molecule has 0 aliphatic rings. The first-order chi connectivity index (χ1) is 15.2. The topological polar surface area (TPSA) is 30.2 Å². The molecule has 3 nitrogen and oxygen atoms in total. The third-order valence-electron chi connectivity index (χ3n) is 5.89. The van der Waals surface area contributed by atoms with Crippen molar-refractivity contribution in [2.75, 3.05) is 0 Å². The maximum absolute atomic E-state index is 4.52. The van der Waals surface area contributed by atoms with Gasteiger partial charge in [-0.1, -0.05) is 73.3 Å². The quantitative estimate of drug-likeness (QED) is 0.325. The molecule has 0 saturated carbocycles. The van der Waals surface area contributed by atoms with Crippen LogP contribution in [-0.2, 0) is 0 Å². The third kappa shape index (κ3) is 3.34. The van der Waals surface area contributed by atoms with Crippen LogP contribution in [0.2, 0.25) is 0 Å². The van der Waals surface area contributed by atoms with Crippen molar-refractivity contribution < 1.29 is 0 Å². The van der Waals surface area contributed by atoms with Crippen molar-refractivity contribution in [2.24, 2.45) is 0 Å². The molecule has 31 heavy (non-hydrogen) atoms. The normalized spacial score (nSPS) is 11.0. The number of nitrogens with zero attached hydrogens (tertiary/aromatic N) is 3. The molecule has 0 unspecified atom stereocenters. The lowest BCUT2D eigenvalue weighted by atomic mass is 9.88. The summed E-state index contributed by atoms with van der Waals surface area (Å²) >= 11 is 0. The fraction of sp³-hybridized carbons (Fsp3) is 0.0714. The minimum Gasteiger partial charge on any atom is -0.221 e. The summed E-state index contributed by atoms with van der Waals surface area (Å²) in [6.07, 6.45) is 3.62. The van der Waals surface area contributed by atoms with Crippen LogP contribution in [-0.4, -0.2) is 14.6 Å². The van der Waals surface area contributed by atoms with Crippen molar-refractivity contribution in [3.05, 3.63) is 109 Å². The zero-order valence-electron chi connectivity index (χ0n) is 17.7. The predicted octanol–water partition coefficient (Wildman–Crippen LogP) is 6.99. The van der Waals surface area contributed by atoms with E-state index in [0.717, 1.165) is 11.2 Å². The predicted molar refractivity (Wildman–Crippen MR) is 129 cm³/mol. The molecule has 2 aromatic heterocycles. The number of rotatable bonds is 4. The number of hydrogen-bond acceptors (Lipinski definition) is 2. The van der Waals surface area contributed by atoms with E-state index in [1.54, 1.807) is 10.6 Å². The SMILES string of the molecule is C=Cc1nc2cc(-c3cccc(-c4cccc(-c5ccccc5)c4C)c3C)ccn2n1. The summed E-state index contributed by atoms with van der Waals surface area (Å²) in [6.45, 7) is 8.17. The Kier molecular flexibility index (Phi) is 4.72. The number of aromatic nitrogens is 3. The van der Waals surface area contributed by atoms with Gasteiger partial charge in [0.2, 0.25) is 0 Å². The van der Waals surface area contributed by atoms with E-state index in [-0.39, 0.29) is 0 Å². The van der Waals surface area contributed by atoms with Gasteiger partial charge in [0.05, 0.1) is 0 Å². The van der Waals surface area contributed by atoms with Gasteiger partial charge in [-0.15, -0.1) is 5.10 Å². The molecule has 0 aliphatic carbocycles. The van der Waals surface area contributed by atoms with Crippen molar-refractivity contribution in [2.45, 2.75) is 13.8 Å². The Balaban J connectivity index is 1.63. The molecule has 5 rings (SSSR count). The lowest BCUT2D eigenvalue weighted by Gasteiger charge is -2.16. The highest BCUT2D eigenvalue weighted by atomic mass is 15.3. The molecular weight excluding hydrogens is 378 g/mol. The molecule has 0 N–H and O–H groups in total. The van der Waals surface area contributed by atoms with E-state index in [1.807, 2.05) is 6.20 Å². The van der Waals surface area contributed by atoms with Crippen molar-refractivity contribution in [3.8, 4) is 33.4 Å². The number of pyridine rings is 1. The van der Waals surface area contributed by atoms with E-state index in [1.165, 1.54) is 38.9 Å². The van der Waals surface area contributed by atoms with E-state index in [0.29, 0.717) is 5.82 Å². The second kappa shape index (κ2) is 7.69. The number of benzene rings is 3. The summed E-state index contributed by atoms with van der Waals surface area (Å²) in [5.41, 5.74) is 10.7. The Bertz CT molecular complexity index is 1410. The Morgan fingerprint density at radius 3 is 1.97 bits per heavy atom. The molecule has 0 radical (unpaired) electrons. The van der Waals surface area contributed by atoms with Gasteiger partial charge < -0.3 is 0 Å². The molecule has 5 aromatic rings. The number of fused-ring (bicyclic) bond motifs is 1. The summed E-state index contributed by atoms with van der Waals surface area (Å²) in [5.74, 6) is 0.635. The molecule has 0 aliphatic heterocycles. The largest absolute Gasteiger partial charge is 0.221 e. The zero-order chi connectivity index (χ0) is 21.4. The molecule has 0 fully saturated rings.